The van der Waals surface area contributed by atoms with E-state index in [1.807, 2.05) is 23.1 Å². The fraction of sp³-hybridized carbons (Fsp3) is 0.409. The highest BCUT2D eigenvalue weighted by molar-refractivity contribution is 5.94. The molecule has 2 fully saturated rings. The lowest BCUT2D eigenvalue weighted by atomic mass is 10.1. The number of nitrogens with one attached hydrogen (secondary N) is 2. The summed E-state index contributed by atoms with van der Waals surface area (Å²) in [5, 5.41) is 8.63. The van der Waals surface area contributed by atoms with Crippen LogP contribution >= 0.6 is 0 Å². The van der Waals surface area contributed by atoms with E-state index in [2.05, 4.69) is 25.3 Å². The number of aromatic amines is 1. The van der Waals surface area contributed by atoms with E-state index in [1.54, 1.807) is 17.2 Å². The zero-order chi connectivity index (χ0) is 22.2. The number of rotatable bonds is 4. The van der Waals surface area contributed by atoms with Crippen molar-refractivity contribution in [3.05, 3.63) is 30.7 Å². The van der Waals surface area contributed by atoms with Gasteiger partial charge >= 0.3 is 0 Å². The number of H-pyrrole nitrogens is 1. The van der Waals surface area contributed by atoms with Crippen LogP contribution in [-0.2, 0) is 16.1 Å². The van der Waals surface area contributed by atoms with Gasteiger partial charge in [0.1, 0.15) is 6.54 Å². The first-order valence-corrected chi connectivity index (χ1v) is 11.2. The zero-order valence-electron chi connectivity index (χ0n) is 18.2. The van der Waals surface area contributed by atoms with Crippen LogP contribution in [0.3, 0.4) is 0 Å². The number of benzene rings is 1. The normalized spacial score (nSPS) is 17.2. The molecule has 2 aliphatic heterocycles. The summed E-state index contributed by atoms with van der Waals surface area (Å²) in [5.41, 5.74) is 4.21. The maximum Gasteiger partial charge on any atom is 0.244 e. The van der Waals surface area contributed by atoms with E-state index in [-0.39, 0.29) is 12.5 Å². The number of carbonyl (C=O) groups is 1. The molecule has 11 nitrogen and oxygen atoms in total. The first-order chi connectivity index (χ1) is 16.3. The lowest BCUT2D eigenvalue weighted by molar-refractivity contribution is -0.132. The molecule has 0 aliphatic carbocycles. The minimum Gasteiger partial charge on any atom is -0.378 e. The lowest BCUT2D eigenvalue weighted by Crippen LogP contribution is -2.47. The van der Waals surface area contributed by atoms with Crippen molar-refractivity contribution in [2.45, 2.75) is 6.54 Å². The molecule has 0 saturated carbocycles. The molecule has 1 amide bonds. The Bertz CT molecular complexity index is 1300. The van der Waals surface area contributed by atoms with E-state index in [9.17, 15) is 4.79 Å². The molecule has 1 aromatic carbocycles. The van der Waals surface area contributed by atoms with Crippen molar-refractivity contribution in [2.75, 3.05) is 57.4 Å². The van der Waals surface area contributed by atoms with Gasteiger partial charge in [0.05, 0.1) is 47.9 Å². The van der Waals surface area contributed by atoms with Crippen LogP contribution in [0.1, 0.15) is 0 Å². The van der Waals surface area contributed by atoms with Gasteiger partial charge < -0.3 is 24.8 Å². The molecule has 33 heavy (non-hydrogen) atoms. The Labute approximate surface area is 189 Å². The maximum absolute atomic E-state index is 12.9. The third-order valence-corrected chi connectivity index (χ3v) is 6.23. The molecule has 4 aromatic rings. The van der Waals surface area contributed by atoms with E-state index >= 15 is 0 Å². The minimum atomic E-state index is 0.0486. The number of morpholine rings is 1. The van der Waals surface area contributed by atoms with Crippen LogP contribution in [0.15, 0.2) is 30.7 Å². The smallest absolute Gasteiger partial charge is 0.244 e. The molecule has 5 heterocycles. The topological polar surface area (TPSA) is 117 Å². The average Bonchev–Trinajstić information content (AvgIpc) is 3.51. The van der Waals surface area contributed by atoms with Crippen LogP contribution in [-0.4, -0.2) is 93.0 Å². The van der Waals surface area contributed by atoms with Crippen molar-refractivity contribution in [3.8, 4) is 11.3 Å². The highest BCUT2D eigenvalue weighted by Crippen LogP contribution is 2.30. The predicted octanol–water partition coefficient (Wildman–Crippen LogP) is 0.638. The van der Waals surface area contributed by atoms with Crippen LogP contribution in [0, 0.1) is 0 Å². The predicted molar refractivity (Wildman–Crippen MR) is 123 cm³/mol. The van der Waals surface area contributed by atoms with Crippen molar-refractivity contribution in [3.63, 3.8) is 0 Å². The number of ether oxygens (including phenoxy) is 1. The number of aromatic nitrogens is 6. The maximum atomic E-state index is 12.9. The monoisotopic (exact) mass is 447 g/mol. The standard InChI is InChI=1S/C22H25N9O2/c32-19(29-5-3-23-4-6-29)13-31-21-16(12-26-31)20(15-1-2-17-18(11-15)25-14-24-17)27-22(28-21)30-7-9-33-10-8-30/h1-2,11-12,14,23H,3-10,13H2,(H,24,25). The Balaban J connectivity index is 1.43. The van der Waals surface area contributed by atoms with Crippen LogP contribution in [0.4, 0.5) is 5.95 Å². The second kappa shape index (κ2) is 8.41. The first kappa shape index (κ1) is 20.1. The van der Waals surface area contributed by atoms with E-state index in [1.165, 1.54) is 0 Å². The summed E-state index contributed by atoms with van der Waals surface area (Å²) in [5.74, 6) is 0.673. The van der Waals surface area contributed by atoms with Crippen LogP contribution in [0.25, 0.3) is 33.3 Å². The van der Waals surface area contributed by atoms with E-state index in [4.69, 9.17) is 14.7 Å². The highest BCUT2D eigenvalue weighted by Gasteiger charge is 2.22. The minimum absolute atomic E-state index is 0.0486. The fourth-order valence-corrected chi connectivity index (χ4v) is 4.41. The Morgan fingerprint density at radius 1 is 1.09 bits per heavy atom. The number of hydrogen-bond donors (Lipinski definition) is 2. The molecule has 3 aromatic heterocycles. The molecular formula is C22H25N9O2. The van der Waals surface area contributed by atoms with Gasteiger partial charge in [0, 0.05) is 44.8 Å². The van der Waals surface area contributed by atoms with Crippen molar-refractivity contribution < 1.29 is 9.53 Å². The molecule has 2 saturated heterocycles. The van der Waals surface area contributed by atoms with Crippen molar-refractivity contribution in [1.82, 2.24) is 39.9 Å². The average molecular weight is 448 g/mol. The summed E-state index contributed by atoms with van der Waals surface area (Å²) in [4.78, 5) is 34.2. The van der Waals surface area contributed by atoms with Gasteiger partial charge in [0.25, 0.3) is 0 Å². The van der Waals surface area contributed by atoms with Gasteiger partial charge in [-0.15, -0.1) is 0 Å². The van der Waals surface area contributed by atoms with Gasteiger partial charge in [-0.05, 0) is 12.1 Å². The number of carbonyl (C=O) groups excluding carboxylic acids is 1. The third-order valence-electron chi connectivity index (χ3n) is 6.23. The molecule has 170 valence electrons. The molecule has 0 spiro atoms. The Morgan fingerprint density at radius 3 is 2.79 bits per heavy atom. The third kappa shape index (κ3) is 3.79. The van der Waals surface area contributed by atoms with Gasteiger partial charge in [0.15, 0.2) is 5.65 Å². The number of nitrogens with zero attached hydrogens (tertiary/aromatic N) is 7. The number of anilines is 1. The molecule has 0 bridgehead atoms. The number of imidazole rings is 1. The number of hydrogen-bond acceptors (Lipinski definition) is 8. The number of fused-ring (bicyclic) bond motifs is 2. The largest absolute Gasteiger partial charge is 0.378 e. The van der Waals surface area contributed by atoms with Gasteiger partial charge in [0.2, 0.25) is 11.9 Å². The summed E-state index contributed by atoms with van der Waals surface area (Å²) in [7, 11) is 0. The first-order valence-electron chi connectivity index (χ1n) is 11.2. The SMILES string of the molecule is O=C(Cn1ncc2c(-c3ccc4[nH]cnc4c3)nc(N3CCOCC3)nc21)N1CCNCC1. The van der Waals surface area contributed by atoms with Gasteiger partial charge in [-0.3, -0.25) is 4.79 Å². The van der Waals surface area contributed by atoms with E-state index < -0.39 is 0 Å². The van der Waals surface area contributed by atoms with Gasteiger partial charge in [-0.25, -0.2) is 14.6 Å². The molecule has 2 aliphatic rings. The molecule has 0 unspecified atom stereocenters. The van der Waals surface area contributed by atoms with Crippen LogP contribution in [0.5, 0.6) is 0 Å². The number of amides is 1. The Morgan fingerprint density at radius 2 is 1.94 bits per heavy atom. The molecule has 11 heteroatoms. The van der Waals surface area contributed by atoms with Crippen molar-refractivity contribution in [2.24, 2.45) is 0 Å². The Kier molecular flexibility index (Phi) is 5.11. The van der Waals surface area contributed by atoms with Crippen LogP contribution < -0.4 is 10.2 Å². The second-order valence-electron chi connectivity index (χ2n) is 8.28. The highest BCUT2D eigenvalue weighted by atomic mass is 16.5. The lowest BCUT2D eigenvalue weighted by Gasteiger charge is -2.28. The van der Waals surface area contributed by atoms with E-state index in [0.29, 0.717) is 37.9 Å². The van der Waals surface area contributed by atoms with Gasteiger partial charge in [-0.2, -0.15) is 10.1 Å². The molecule has 0 atom stereocenters. The molecule has 6 rings (SSSR count). The Hall–Kier alpha value is -3.57. The van der Waals surface area contributed by atoms with Crippen molar-refractivity contribution >= 4 is 33.9 Å². The summed E-state index contributed by atoms with van der Waals surface area (Å²) in [6.07, 6.45) is 3.44. The number of piperazine rings is 1. The molecule has 0 radical (unpaired) electrons. The van der Waals surface area contributed by atoms with Crippen LogP contribution in [0.2, 0.25) is 0 Å². The fourth-order valence-electron chi connectivity index (χ4n) is 4.41. The summed E-state index contributed by atoms with van der Waals surface area (Å²) in [6.45, 7) is 5.91. The molecule has 2 N–H and O–H groups in total. The second-order valence-corrected chi connectivity index (χ2v) is 8.28. The van der Waals surface area contributed by atoms with Crippen molar-refractivity contribution in [1.29, 1.82) is 0 Å². The van der Waals surface area contributed by atoms with Gasteiger partial charge in [-0.1, -0.05) is 6.07 Å². The summed E-state index contributed by atoms with van der Waals surface area (Å²) < 4.78 is 7.21. The molecular weight excluding hydrogens is 422 g/mol. The quantitative estimate of drug-likeness (QED) is 0.468. The van der Waals surface area contributed by atoms with E-state index in [0.717, 1.165) is 53.9 Å². The zero-order valence-corrected chi connectivity index (χ0v) is 18.2. The summed E-state index contributed by atoms with van der Waals surface area (Å²) >= 11 is 0. The summed E-state index contributed by atoms with van der Waals surface area (Å²) in [6, 6.07) is 6.03.